The Morgan fingerprint density at radius 3 is 2.43 bits per heavy atom. The van der Waals surface area contributed by atoms with Crippen molar-refractivity contribution in [2.24, 2.45) is 5.10 Å². The van der Waals surface area contributed by atoms with Gasteiger partial charge in [-0.05, 0) is 66.2 Å². The largest absolute Gasteiger partial charge is 0.489 e. The minimum Gasteiger partial charge on any atom is -0.489 e. The molecule has 7 heteroatoms. The fraction of sp³-hybridized carbons (Fsp3) is 0.0476. The molecule has 3 rings (SSSR count). The summed E-state index contributed by atoms with van der Waals surface area (Å²) in [6.07, 6.45) is 1.57. The number of amides is 1. The van der Waals surface area contributed by atoms with E-state index in [9.17, 15) is 4.79 Å². The first-order chi connectivity index (χ1) is 13.5. The number of rotatable bonds is 6. The lowest BCUT2D eigenvalue weighted by Crippen LogP contribution is -2.17. The third-order valence-corrected chi connectivity index (χ3v) is 4.89. The van der Waals surface area contributed by atoms with E-state index in [0.29, 0.717) is 28.0 Å². The number of benzene rings is 3. The van der Waals surface area contributed by atoms with Gasteiger partial charge in [0.25, 0.3) is 5.91 Å². The number of halogens is 3. The molecule has 0 saturated carbocycles. The molecule has 0 heterocycles. The van der Waals surface area contributed by atoms with Crippen LogP contribution >= 0.6 is 39.1 Å². The molecule has 1 N–H and O–H groups in total. The quantitative estimate of drug-likeness (QED) is 0.344. The zero-order valence-corrected chi connectivity index (χ0v) is 17.6. The number of carbonyl (C=O) groups excluding carboxylic acids is 1. The van der Waals surface area contributed by atoms with Crippen LogP contribution in [0.25, 0.3) is 0 Å². The Morgan fingerprint density at radius 1 is 1.04 bits per heavy atom. The van der Waals surface area contributed by atoms with E-state index < -0.39 is 0 Å². The Hall–Kier alpha value is -2.34. The predicted octanol–water partition coefficient (Wildman–Crippen LogP) is 6.10. The molecule has 0 aliphatic heterocycles. The van der Waals surface area contributed by atoms with E-state index in [1.54, 1.807) is 42.6 Å². The summed E-state index contributed by atoms with van der Waals surface area (Å²) < 4.78 is 6.64. The van der Waals surface area contributed by atoms with Crippen molar-refractivity contribution in [1.82, 2.24) is 5.43 Å². The van der Waals surface area contributed by atoms with Gasteiger partial charge in [-0.25, -0.2) is 5.43 Å². The molecule has 0 fully saturated rings. The number of hydrogen-bond donors (Lipinski definition) is 1. The fourth-order valence-electron chi connectivity index (χ4n) is 2.28. The number of ether oxygens (including phenoxy) is 1. The van der Waals surface area contributed by atoms with Gasteiger partial charge in [0.05, 0.1) is 6.21 Å². The highest BCUT2D eigenvalue weighted by Gasteiger charge is 2.04. The molecule has 142 valence electrons. The van der Waals surface area contributed by atoms with Gasteiger partial charge in [-0.2, -0.15) is 5.10 Å². The van der Waals surface area contributed by atoms with E-state index in [4.69, 9.17) is 27.9 Å². The molecule has 0 aliphatic rings. The molecule has 3 aromatic rings. The van der Waals surface area contributed by atoms with Crippen LogP contribution in [-0.4, -0.2) is 12.1 Å². The molecule has 0 bridgehead atoms. The standard InChI is InChI=1S/C21H15BrCl2N2O2/c22-17-6-3-15(4-7-17)21(27)26-25-12-14-1-9-19(10-2-14)28-13-16-5-8-18(23)11-20(16)24/h1-12H,13H2,(H,26,27)/b25-12-. The summed E-state index contributed by atoms with van der Waals surface area (Å²) >= 11 is 15.4. The van der Waals surface area contributed by atoms with Crippen LogP contribution in [0.2, 0.25) is 10.0 Å². The second-order valence-corrected chi connectivity index (χ2v) is 7.56. The van der Waals surface area contributed by atoms with Gasteiger partial charge in [-0.3, -0.25) is 4.79 Å². The maximum absolute atomic E-state index is 12.0. The molecule has 4 nitrogen and oxygen atoms in total. The fourth-order valence-corrected chi connectivity index (χ4v) is 3.01. The summed E-state index contributed by atoms with van der Waals surface area (Å²) in [6.45, 7) is 0.340. The van der Waals surface area contributed by atoms with Gasteiger partial charge >= 0.3 is 0 Å². The summed E-state index contributed by atoms with van der Waals surface area (Å²) in [5.74, 6) is 0.422. The lowest BCUT2D eigenvalue weighted by Gasteiger charge is -2.08. The molecular weight excluding hydrogens is 463 g/mol. The van der Waals surface area contributed by atoms with Gasteiger partial charge in [-0.15, -0.1) is 0 Å². The van der Waals surface area contributed by atoms with Gasteiger partial charge < -0.3 is 4.74 Å². The monoisotopic (exact) mass is 476 g/mol. The van der Waals surface area contributed by atoms with Crippen LogP contribution in [0.4, 0.5) is 0 Å². The van der Waals surface area contributed by atoms with Crippen molar-refractivity contribution in [2.45, 2.75) is 6.61 Å². The molecule has 0 spiro atoms. The number of hydrogen-bond acceptors (Lipinski definition) is 3. The molecule has 0 aliphatic carbocycles. The van der Waals surface area contributed by atoms with E-state index in [2.05, 4.69) is 26.5 Å². The second-order valence-electron chi connectivity index (χ2n) is 5.80. The first-order valence-corrected chi connectivity index (χ1v) is 9.82. The number of hydrazone groups is 1. The topological polar surface area (TPSA) is 50.7 Å². The molecule has 0 saturated heterocycles. The van der Waals surface area contributed by atoms with Gasteiger partial charge in [0, 0.05) is 25.6 Å². The molecular formula is C21H15BrCl2N2O2. The second kappa shape index (κ2) is 9.73. The Labute approximate surface area is 181 Å². The maximum atomic E-state index is 12.0. The minimum absolute atomic E-state index is 0.274. The third-order valence-electron chi connectivity index (χ3n) is 3.78. The minimum atomic E-state index is -0.274. The van der Waals surface area contributed by atoms with E-state index in [1.165, 1.54) is 0 Å². The SMILES string of the molecule is O=C(N/N=C\c1ccc(OCc2ccc(Cl)cc2Cl)cc1)c1ccc(Br)cc1. The third kappa shape index (κ3) is 5.83. The van der Waals surface area contributed by atoms with E-state index in [-0.39, 0.29) is 5.91 Å². The van der Waals surface area contributed by atoms with Crippen LogP contribution in [0, 0.1) is 0 Å². The predicted molar refractivity (Wildman–Crippen MR) is 116 cm³/mol. The van der Waals surface area contributed by atoms with Crippen LogP contribution in [0.1, 0.15) is 21.5 Å². The van der Waals surface area contributed by atoms with Crippen molar-refractivity contribution in [2.75, 3.05) is 0 Å². The zero-order valence-electron chi connectivity index (χ0n) is 14.5. The number of nitrogens with one attached hydrogen (secondary N) is 1. The van der Waals surface area contributed by atoms with Gasteiger partial charge in [0.2, 0.25) is 0 Å². The van der Waals surface area contributed by atoms with Crippen LogP contribution in [0.3, 0.4) is 0 Å². The highest BCUT2D eigenvalue weighted by molar-refractivity contribution is 9.10. The summed E-state index contributed by atoms with van der Waals surface area (Å²) in [5.41, 5.74) is 4.71. The first-order valence-electron chi connectivity index (χ1n) is 8.27. The Balaban J connectivity index is 1.53. The molecule has 0 atom stereocenters. The van der Waals surface area contributed by atoms with Crippen molar-refractivity contribution in [1.29, 1.82) is 0 Å². The highest BCUT2D eigenvalue weighted by Crippen LogP contribution is 2.22. The molecule has 0 aromatic heterocycles. The molecule has 0 radical (unpaired) electrons. The van der Waals surface area contributed by atoms with Crippen molar-refractivity contribution < 1.29 is 9.53 Å². The smallest absolute Gasteiger partial charge is 0.271 e. The van der Waals surface area contributed by atoms with Crippen LogP contribution < -0.4 is 10.2 Å². The van der Waals surface area contributed by atoms with Gasteiger partial charge in [0.1, 0.15) is 12.4 Å². The highest BCUT2D eigenvalue weighted by atomic mass is 79.9. The Kier molecular flexibility index (Phi) is 7.09. The van der Waals surface area contributed by atoms with Crippen molar-refractivity contribution in [3.05, 3.63) is 97.9 Å². The van der Waals surface area contributed by atoms with Crippen molar-refractivity contribution >= 4 is 51.3 Å². The Morgan fingerprint density at radius 2 is 1.75 bits per heavy atom. The lowest BCUT2D eigenvalue weighted by atomic mass is 10.2. The average Bonchev–Trinajstić information content (AvgIpc) is 2.69. The zero-order chi connectivity index (χ0) is 19.9. The Bertz CT molecular complexity index is 990. The van der Waals surface area contributed by atoms with Gasteiger partial charge in [0.15, 0.2) is 0 Å². The molecule has 0 unspecified atom stereocenters. The van der Waals surface area contributed by atoms with E-state index >= 15 is 0 Å². The van der Waals surface area contributed by atoms with Crippen LogP contribution in [0.15, 0.2) is 76.3 Å². The summed E-state index contributed by atoms with van der Waals surface area (Å²) in [7, 11) is 0. The van der Waals surface area contributed by atoms with E-state index in [1.807, 2.05) is 30.3 Å². The normalized spacial score (nSPS) is 10.8. The average molecular weight is 478 g/mol. The number of nitrogens with zero attached hydrogens (tertiary/aromatic N) is 1. The van der Waals surface area contributed by atoms with Crippen LogP contribution in [0.5, 0.6) is 5.75 Å². The van der Waals surface area contributed by atoms with Crippen molar-refractivity contribution in [3.63, 3.8) is 0 Å². The van der Waals surface area contributed by atoms with Crippen molar-refractivity contribution in [3.8, 4) is 5.75 Å². The molecule has 3 aromatic carbocycles. The summed E-state index contributed by atoms with van der Waals surface area (Å²) in [6, 6.07) is 19.6. The lowest BCUT2D eigenvalue weighted by molar-refractivity contribution is 0.0955. The molecule has 1 amide bonds. The summed E-state index contributed by atoms with van der Waals surface area (Å²) in [5, 5.41) is 5.13. The summed E-state index contributed by atoms with van der Waals surface area (Å²) in [4.78, 5) is 12.0. The van der Waals surface area contributed by atoms with E-state index in [0.717, 1.165) is 15.6 Å². The first kappa shape index (κ1) is 20.4. The number of carbonyl (C=O) groups is 1. The van der Waals surface area contributed by atoms with Crippen LogP contribution in [-0.2, 0) is 6.61 Å². The maximum Gasteiger partial charge on any atom is 0.271 e. The molecule has 28 heavy (non-hydrogen) atoms. The van der Waals surface area contributed by atoms with Gasteiger partial charge in [-0.1, -0.05) is 45.2 Å².